The van der Waals surface area contributed by atoms with Crippen LogP contribution in [0.5, 0.6) is 5.75 Å². The van der Waals surface area contributed by atoms with Crippen LogP contribution in [0.1, 0.15) is 11.1 Å². The van der Waals surface area contributed by atoms with Gasteiger partial charge in [-0.05, 0) is 12.1 Å². The summed E-state index contributed by atoms with van der Waals surface area (Å²) in [5.74, 6) is 0.777. The second-order valence-corrected chi connectivity index (χ2v) is 4.82. The first kappa shape index (κ1) is 15.3. The van der Waals surface area contributed by atoms with Crippen LogP contribution in [0.4, 0.5) is 5.69 Å². The SMILES string of the molecule is COc1ccccc1CNCc1c(Cl)cccc1[N+](=O)[O-]. The second kappa shape index (κ2) is 7.06. The van der Waals surface area contributed by atoms with Gasteiger partial charge in [-0.25, -0.2) is 0 Å². The van der Waals surface area contributed by atoms with Crippen molar-refractivity contribution < 1.29 is 9.66 Å². The zero-order valence-corrected chi connectivity index (χ0v) is 12.3. The van der Waals surface area contributed by atoms with E-state index in [0.717, 1.165) is 11.3 Å². The average molecular weight is 307 g/mol. The Kier molecular flexibility index (Phi) is 5.14. The number of methoxy groups -OCH3 is 1. The predicted molar refractivity (Wildman–Crippen MR) is 81.6 cm³/mol. The van der Waals surface area contributed by atoms with E-state index in [4.69, 9.17) is 16.3 Å². The van der Waals surface area contributed by atoms with Crippen molar-refractivity contribution in [1.29, 1.82) is 0 Å². The summed E-state index contributed by atoms with van der Waals surface area (Å²) >= 11 is 6.04. The number of hydrogen-bond acceptors (Lipinski definition) is 4. The van der Waals surface area contributed by atoms with Crippen LogP contribution in [0.15, 0.2) is 42.5 Å². The van der Waals surface area contributed by atoms with Gasteiger partial charge in [0.1, 0.15) is 5.75 Å². The maximum atomic E-state index is 11.0. The van der Waals surface area contributed by atoms with E-state index in [9.17, 15) is 10.1 Å². The van der Waals surface area contributed by atoms with Crippen LogP contribution in [-0.2, 0) is 13.1 Å². The van der Waals surface area contributed by atoms with Gasteiger partial charge in [0.05, 0.1) is 22.6 Å². The quantitative estimate of drug-likeness (QED) is 0.655. The van der Waals surface area contributed by atoms with Gasteiger partial charge in [0.25, 0.3) is 5.69 Å². The van der Waals surface area contributed by atoms with Crippen LogP contribution >= 0.6 is 11.6 Å². The lowest BCUT2D eigenvalue weighted by molar-refractivity contribution is -0.385. The van der Waals surface area contributed by atoms with Crippen LogP contribution in [0, 0.1) is 10.1 Å². The Morgan fingerprint density at radius 1 is 1.19 bits per heavy atom. The van der Waals surface area contributed by atoms with Crippen LogP contribution < -0.4 is 10.1 Å². The maximum Gasteiger partial charge on any atom is 0.275 e. The summed E-state index contributed by atoms with van der Waals surface area (Å²) in [6.07, 6.45) is 0. The molecule has 21 heavy (non-hydrogen) atoms. The minimum atomic E-state index is -0.425. The highest BCUT2D eigenvalue weighted by Crippen LogP contribution is 2.26. The fourth-order valence-electron chi connectivity index (χ4n) is 2.06. The lowest BCUT2D eigenvalue weighted by Gasteiger charge is -2.10. The zero-order chi connectivity index (χ0) is 15.2. The minimum Gasteiger partial charge on any atom is -0.496 e. The summed E-state index contributed by atoms with van der Waals surface area (Å²) in [6, 6.07) is 12.3. The molecule has 0 aliphatic carbocycles. The Bertz CT molecular complexity index is 647. The van der Waals surface area contributed by atoms with E-state index in [1.807, 2.05) is 24.3 Å². The molecule has 110 valence electrons. The Balaban J connectivity index is 2.09. The molecule has 2 aromatic carbocycles. The normalized spacial score (nSPS) is 10.4. The van der Waals surface area contributed by atoms with Gasteiger partial charge in [0.2, 0.25) is 0 Å². The molecule has 0 saturated carbocycles. The molecule has 2 rings (SSSR count). The molecule has 0 aliphatic rings. The van der Waals surface area contributed by atoms with Crippen LogP contribution in [0.25, 0.3) is 0 Å². The predicted octanol–water partition coefficient (Wildman–Crippen LogP) is 3.55. The molecule has 0 radical (unpaired) electrons. The largest absolute Gasteiger partial charge is 0.496 e. The van der Waals surface area contributed by atoms with E-state index in [-0.39, 0.29) is 5.69 Å². The van der Waals surface area contributed by atoms with E-state index < -0.39 is 4.92 Å². The first-order valence-electron chi connectivity index (χ1n) is 6.38. The molecule has 1 N–H and O–H groups in total. The van der Waals surface area contributed by atoms with E-state index in [2.05, 4.69) is 5.32 Å². The molecule has 0 saturated heterocycles. The number of nitrogens with one attached hydrogen (secondary N) is 1. The molecule has 6 heteroatoms. The highest BCUT2D eigenvalue weighted by atomic mass is 35.5. The smallest absolute Gasteiger partial charge is 0.275 e. The van der Waals surface area contributed by atoms with Gasteiger partial charge < -0.3 is 10.1 Å². The first-order chi connectivity index (χ1) is 10.1. The highest BCUT2D eigenvalue weighted by molar-refractivity contribution is 6.31. The minimum absolute atomic E-state index is 0.0232. The number of para-hydroxylation sites is 1. The molecule has 0 fully saturated rings. The summed E-state index contributed by atoms with van der Waals surface area (Å²) in [6.45, 7) is 0.848. The Hall–Kier alpha value is -2.11. The van der Waals surface area contributed by atoms with Gasteiger partial charge in [-0.15, -0.1) is 0 Å². The molecule has 0 amide bonds. The van der Waals surface area contributed by atoms with Crippen LogP contribution in [-0.4, -0.2) is 12.0 Å². The summed E-state index contributed by atoms with van der Waals surface area (Å²) < 4.78 is 5.26. The number of nitro benzene ring substituents is 1. The van der Waals surface area contributed by atoms with Crippen molar-refractivity contribution in [1.82, 2.24) is 5.32 Å². The highest BCUT2D eigenvalue weighted by Gasteiger charge is 2.16. The van der Waals surface area contributed by atoms with Gasteiger partial charge in [-0.2, -0.15) is 0 Å². The van der Waals surface area contributed by atoms with E-state index in [1.54, 1.807) is 19.2 Å². The summed E-state index contributed by atoms with van der Waals surface area (Å²) in [5.41, 5.74) is 1.49. The molecule has 0 heterocycles. The molecule has 0 aliphatic heterocycles. The van der Waals surface area contributed by atoms with E-state index in [1.165, 1.54) is 6.07 Å². The number of benzene rings is 2. The zero-order valence-electron chi connectivity index (χ0n) is 11.5. The molecule has 5 nitrogen and oxygen atoms in total. The molecular formula is C15H15ClN2O3. The third kappa shape index (κ3) is 3.71. The number of ether oxygens (including phenoxy) is 1. The summed E-state index contributed by atoms with van der Waals surface area (Å²) in [4.78, 5) is 10.6. The lowest BCUT2D eigenvalue weighted by atomic mass is 10.1. The van der Waals surface area contributed by atoms with Crippen LogP contribution in [0.2, 0.25) is 5.02 Å². The molecular weight excluding hydrogens is 292 g/mol. The number of halogens is 1. The molecule has 0 atom stereocenters. The second-order valence-electron chi connectivity index (χ2n) is 4.41. The molecule has 0 unspecified atom stereocenters. The number of hydrogen-bond donors (Lipinski definition) is 1. The van der Waals surface area contributed by atoms with Crippen molar-refractivity contribution in [3.05, 3.63) is 68.7 Å². The molecule has 0 bridgehead atoms. The number of nitrogens with zero attached hydrogens (tertiary/aromatic N) is 1. The average Bonchev–Trinajstić information content (AvgIpc) is 2.49. The van der Waals surface area contributed by atoms with Crippen molar-refractivity contribution in [2.45, 2.75) is 13.1 Å². The molecule has 2 aromatic rings. The van der Waals surface area contributed by atoms with Gasteiger partial charge in [0, 0.05) is 24.7 Å². The fraction of sp³-hybridized carbons (Fsp3) is 0.200. The van der Waals surface area contributed by atoms with Gasteiger partial charge in [-0.1, -0.05) is 35.9 Å². The van der Waals surface area contributed by atoms with Crippen molar-refractivity contribution in [2.24, 2.45) is 0 Å². The fourth-order valence-corrected chi connectivity index (χ4v) is 2.30. The topological polar surface area (TPSA) is 64.4 Å². The monoisotopic (exact) mass is 306 g/mol. The van der Waals surface area contributed by atoms with Gasteiger partial charge >= 0.3 is 0 Å². The first-order valence-corrected chi connectivity index (χ1v) is 6.75. The maximum absolute atomic E-state index is 11.0. The third-order valence-corrected chi connectivity index (χ3v) is 3.45. The van der Waals surface area contributed by atoms with Crippen molar-refractivity contribution in [2.75, 3.05) is 7.11 Å². The van der Waals surface area contributed by atoms with E-state index >= 15 is 0 Å². The molecule has 0 spiro atoms. The Morgan fingerprint density at radius 3 is 2.67 bits per heavy atom. The number of rotatable bonds is 6. The van der Waals surface area contributed by atoms with Crippen molar-refractivity contribution in [3.8, 4) is 5.75 Å². The lowest BCUT2D eigenvalue weighted by Crippen LogP contribution is -2.14. The van der Waals surface area contributed by atoms with Crippen molar-refractivity contribution >= 4 is 17.3 Å². The van der Waals surface area contributed by atoms with Crippen LogP contribution in [0.3, 0.4) is 0 Å². The summed E-state index contributed by atoms with van der Waals surface area (Å²) in [5, 5.41) is 14.6. The molecule has 0 aromatic heterocycles. The number of nitro groups is 1. The van der Waals surface area contributed by atoms with Crippen molar-refractivity contribution in [3.63, 3.8) is 0 Å². The standard InChI is InChI=1S/C15H15ClN2O3/c1-21-15-8-3-2-5-11(15)9-17-10-12-13(16)6-4-7-14(12)18(19)20/h2-8,17H,9-10H2,1H3. The van der Waals surface area contributed by atoms with Gasteiger partial charge in [0.15, 0.2) is 0 Å². The van der Waals surface area contributed by atoms with Gasteiger partial charge in [-0.3, -0.25) is 10.1 Å². The Labute approximate surface area is 127 Å². The Morgan fingerprint density at radius 2 is 1.95 bits per heavy atom. The third-order valence-electron chi connectivity index (χ3n) is 3.10. The van der Waals surface area contributed by atoms with E-state index in [0.29, 0.717) is 23.7 Å². The summed E-state index contributed by atoms with van der Waals surface area (Å²) in [7, 11) is 1.61.